The van der Waals surface area contributed by atoms with Gasteiger partial charge in [-0.1, -0.05) is 24.3 Å². The Balaban J connectivity index is 1.60. The van der Waals surface area contributed by atoms with Gasteiger partial charge in [-0.05, 0) is 36.4 Å². The molecule has 0 amide bonds. The summed E-state index contributed by atoms with van der Waals surface area (Å²) in [4.78, 5) is 25.3. The Morgan fingerprint density at radius 3 is 2.35 bits per heavy atom. The molecule has 0 spiro atoms. The zero-order valence-electron chi connectivity index (χ0n) is 16.7. The van der Waals surface area contributed by atoms with Crippen molar-refractivity contribution in [3.05, 3.63) is 88.9 Å². The number of fused-ring (bicyclic) bond motifs is 1. The van der Waals surface area contributed by atoms with Crippen molar-refractivity contribution in [2.75, 3.05) is 14.2 Å². The molecule has 31 heavy (non-hydrogen) atoms. The molecule has 156 valence electrons. The molecule has 0 aromatic heterocycles. The van der Waals surface area contributed by atoms with E-state index >= 15 is 0 Å². The quantitative estimate of drug-likeness (QED) is 0.339. The summed E-state index contributed by atoms with van der Waals surface area (Å²) >= 11 is 0. The second kappa shape index (κ2) is 8.31. The minimum Gasteiger partial charge on any atom is -0.496 e. The van der Waals surface area contributed by atoms with Crippen LogP contribution in [0, 0.1) is 5.82 Å². The number of carbonyl (C=O) groups excluding carboxylic acids is 2. The fourth-order valence-electron chi connectivity index (χ4n) is 3.17. The van der Waals surface area contributed by atoms with Crippen LogP contribution in [0.2, 0.25) is 0 Å². The first kappa shape index (κ1) is 20.2. The van der Waals surface area contributed by atoms with Crippen LogP contribution in [-0.2, 0) is 0 Å². The first-order valence-corrected chi connectivity index (χ1v) is 9.28. The van der Waals surface area contributed by atoms with E-state index in [4.69, 9.17) is 18.9 Å². The molecular weight excluding hydrogens is 403 g/mol. The summed E-state index contributed by atoms with van der Waals surface area (Å²) in [5, 5.41) is 0. The molecule has 0 saturated heterocycles. The molecule has 0 aliphatic carbocycles. The Morgan fingerprint density at radius 2 is 1.68 bits per heavy atom. The maximum Gasteiger partial charge on any atom is 0.351 e. The van der Waals surface area contributed by atoms with E-state index in [1.165, 1.54) is 50.6 Å². The molecule has 0 saturated carbocycles. The van der Waals surface area contributed by atoms with E-state index in [0.717, 1.165) is 0 Å². The normalized spacial score (nSPS) is 13.5. The lowest BCUT2D eigenvalue weighted by molar-refractivity contribution is 0.0727. The fraction of sp³-hybridized carbons (Fsp3) is 0.0833. The van der Waals surface area contributed by atoms with Gasteiger partial charge in [-0.3, -0.25) is 4.79 Å². The van der Waals surface area contributed by atoms with Crippen molar-refractivity contribution in [3.63, 3.8) is 0 Å². The van der Waals surface area contributed by atoms with Crippen molar-refractivity contribution in [2.45, 2.75) is 0 Å². The Morgan fingerprint density at radius 1 is 0.968 bits per heavy atom. The fourth-order valence-corrected chi connectivity index (χ4v) is 3.17. The first-order chi connectivity index (χ1) is 15.0. The molecule has 0 fully saturated rings. The van der Waals surface area contributed by atoms with Gasteiger partial charge in [-0.2, -0.15) is 0 Å². The number of ether oxygens (including phenoxy) is 4. The summed E-state index contributed by atoms with van der Waals surface area (Å²) in [5.74, 6) is -0.596. The van der Waals surface area contributed by atoms with Crippen LogP contribution in [-0.4, -0.2) is 26.0 Å². The average molecular weight is 420 g/mol. The van der Waals surface area contributed by atoms with E-state index in [1.807, 2.05) is 0 Å². The molecular formula is C24H17FO6. The largest absolute Gasteiger partial charge is 0.496 e. The number of hydrogen-bond donors (Lipinski definition) is 0. The molecule has 3 aromatic rings. The highest BCUT2D eigenvalue weighted by molar-refractivity contribution is 6.14. The van der Waals surface area contributed by atoms with E-state index in [-0.39, 0.29) is 39.7 Å². The Bertz CT molecular complexity index is 1190. The monoisotopic (exact) mass is 420 g/mol. The highest BCUT2D eigenvalue weighted by Gasteiger charge is 2.29. The summed E-state index contributed by atoms with van der Waals surface area (Å²) in [6, 6.07) is 15.4. The van der Waals surface area contributed by atoms with Crippen molar-refractivity contribution >= 4 is 17.8 Å². The minimum absolute atomic E-state index is 0.0185. The SMILES string of the molecule is COc1cccc(OC)c1C(=O)Oc1ccc2c(c1)O/C(=C\c1ccccc1F)C2=O. The topological polar surface area (TPSA) is 71.1 Å². The number of allylic oxidation sites excluding steroid dienone is 1. The molecule has 0 radical (unpaired) electrons. The van der Waals surface area contributed by atoms with E-state index in [0.29, 0.717) is 11.5 Å². The van der Waals surface area contributed by atoms with Crippen LogP contribution in [0.1, 0.15) is 26.3 Å². The number of esters is 1. The van der Waals surface area contributed by atoms with Gasteiger partial charge in [-0.15, -0.1) is 0 Å². The third kappa shape index (κ3) is 3.85. The molecule has 0 unspecified atom stereocenters. The molecule has 0 bridgehead atoms. The van der Waals surface area contributed by atoms with E-state index in [9.17, 15) is 14.0 Å². The van der Waals surface area contributed by atoms with E-state index < -0.39 is 11.8 Å². The molecule has 6 nitrogen and oxygen atoms in total. The van der Waals surface area contributed by atoms with Gasteiger partial charge in [0, 0.05) is 11.6 Å². The number of ketones is 1. The van der Waals surface area contributed by atoms with Gasteiger partial charge >= 0.3 is 5.97 Å². The van der Waals surface area contributed by atoms with Crippen LogP contribution >= 0.6 is 0 Å². The molecule has 1 aliphatic rings. The van der Waals surface area contributed by atoms with Crippen LogP contribution in [0.5, 0.6) is 23.0 Å². The van der Waals surface area contributed by atoms with Gasteiger partial charge in [0.25, 0.3) is 0 Å². The predicted molar refractivity (Wildman–Crippen MR) is 110 cm³/mol. The van der Waals surface area contributed by atoms with Crippen LogP contribution in [0.15, 0.2) is 66.4 Å². The number of benzene rings is 3. The summed E-state index contributed by atoms with van der Waals surface area (Å²) in [6.07, 6.45) is 1.34. The maximum atomic E-state index is 13.9. The smallest absolute Gasteiger partial charge is 0.351 e. The van der Waals surface area contributed by atoms with E-state index in [1.54, 1.807) is 30.3 Å². The maximum absolute atomic E-state index is 13.9. The summed E-state index contributed by atoms with van der Waals surface area (Å²) < 4.78 is 35.4. The van der Waals surface area contributed by atoms with Crippen LogP contribution in [0.3, 0.4) is 0 Å². The second-order valence-corrected chi connectivity index (χ2v) is 6.55. The van der Waals surface area contributed by atoms with Gasteiger partial charge in [0.2, 0.25) is 5.78 Å². The number of Topliss-reactive ketones (excluding diaryl/α,β-unsaturated/α-hetero) is 1. The Labute approximate surface area is 177 Å². The third-order valence-electron chi connectivity index (χ3n) is 4.68. The number of hydrogen-bond acceptors (Lipinski definition) is 6. The zero-order valence-corrected chi connectivity index (χ0v) is 16.7. The van der Waals surface area contributed by atoms with Crippen molar-refractivity contribution in [3.8, 4) is 23.0 Å². The Hall–Kier alpha value is -4.13. The van der Waals surface area contributed by atoms with Gasteiger partial charge in [-0.25, -0.2) is 9.18 Å². The molecule has 7 heteroatoms. The number of methoxy groups -OCH3 is 2. The predicted octanol–water partition coefficient (Wildman–Crippen LogP) is 4.68. The summed E-state index contributed by atoms with van der Waals surface area (Å²) in [7, 11) is 2.87. The molecule has 1 aliphatic heterocycles. The highest BCUT2D eigenvalue weighted by Crippen LogP contribution is 2.36. The zero-order chi connectivity index (χ0) is 22.0. The lowest BCUT2D eigenvalue weighted by atomic mass is 10.1. The lowest BCUT2D eigenvalue weighted by Gasteiger charge is -2.12. The lowest BCUT2D eigenvalue weighted by Crippen LogP contribution is -2.12. The molecule has 0 atom stereocenters. The number of halogens is 1. The summed E-state index contributed by atoms with van der Waals surface area (Å²) in [6.45, 7) is 0. The third-order valence-corrected chi connectivity index (χ3v) is 4.68. The second-order valence-electron chi connectivity index (χ2n) is 6.55. The minimum atomic E-state index is -0.694. The number of carbonyl (C=O) groups is 2. The van der Waals surface area contributed by atoms with Crippen molar-refractivity contribution in [1.29, 1.82) is 0 Å². The molecule has 1 heterocycles. The van der Waals surface area contributed by atoms with Gasteiger partial charge in [0.05, 0.1) is 19.8 Å². The van der Waals surface area contributed by atoms with Gasteiger partial charge in [0.1, 0.15) is 34.4 Å². The summed E-state index contributed by atoms with van der Waals surface area (Å²) in [5.41, 5.74) is 0.649. The van der Waals surface area contributed by atoms with E-state index in [2.05, 4.69) is 0 Å². The molecule has 3 aromatic carbocycles. The molecule has 0 N–H and O–H groups in total. The highest BCUT2D eigenvalue weighted by atomic mass is 19.1. The number of rotatable bonds is 5. The van der Waals surface area contributed by atoms with Crippen molar-refractivity contribution < 1.29 is 32.9 Å². The van der Waals surface area contributed by atoms with Crippen LogP contribution in [0.4, 0.5) is 4.39 Å². The first-order valence-electron chi connectivity index (χ1n) is 9.28. The van der Waals surface area contributed by atoms with Gasteiger partial charge < -0.3 is 18.9 Å². The standard InChI is InChI=1S/C24H17FO6/c1-28-18-8-5-9-19(29-2)22(18)24(27)30-15-10-11-16-20(13-15)31-21(23(16)26)12-14-6-3-4-7-17(14)25/h3-13H,1-2H3/b21-12-. The van der Waals surface area contributed by atoms with Crippen LogP contribution < -0.4 is 18.9 Å². The van der Waals surface area contributed by atoms with Crippen molar-refractivity contribution in [2.24, 2.45) is 0 Å². The molecule has 4 rings (SSSR count). The van der Waals surface area contributed by atoms with Crippen molar-refractivity contribution in [1.82, 2.24) is 0 Å². The van der Waals surface area contributed by atoms with Gasteiger partial charge in [0.15, 0.2) is 5.76 Å². The Kier molecular flexibility index (Phi) is 5.41. The van der Waals surface area contributed by atoms with Crippen LogP contribution in [0.25, 0.3) is 6.08 Å². The average Bonchev–Trinajstić information content (AvgIpc) is 3.09.